The third-order valence-corrected chi connectivity index (χ3v) is 5.64. The molecule has 33 heavy (non-hydrogen) atoms. The molecule has 3 heterocycles. The third-order valence-electron chi connectivity index (χ3n) is 4.73. The lowest BCUT2D eigenvalue weighted by atomic mass is 10.0. The fourth-order valence-corrected chi connectivity index (χ4v) is 4.21. The Morgan fingerprint density at radius 2 is 2.06 bits per heavy atom. The van der Waals surface area contributed by atoms with Crippen molar-refractivity contribution in [2.45, 2.75) is 26.5 Å². The minimum absolute atomic E-state index is 0.212. The highest BCUT2D eigenvalue weighted by molar-refractivity contribution is 9.10. The van der Waals surface area contributed by atoms with Gasteiger partial charge in [0.05, 0.1) is 22.8 Å². The average molecular weight is 552 g/mol. The molecule has 1 unspecified atom stereocenters. The number of hydrogen-bond acceptors (Lipinski definition) is 6. The molecule has 1 aliphatic rings. The van der Waals surface area contributed by atoms with Crippen LogP contribution in [-0.2, 0) is 9.63 Å². The van der Waals surface area contributed by atoms with Crippen molar-refractivity contribution in [2.24, 2.45) is 5.16 Å². The number of nitrogens with one attached hydrogen (secondary N) is 2. The molecule has 9 nitrogen and oxygen atoms in total. The molecular weight excluding hydrogens is 535 g/mol. The van der Waals surface area contributed by atoms with Crippen molar-refractivity contribution in [2.75, 3.05) is 5.32 Å². The highest BCUT2D eigenvalue weighted by Crippen LogP contribution is 2.30. The first-order chi connectivity index (χ1) is 15.7. The monoisotopic (exact) mass is 550 g/mol. The van der Waals surface area contributed by atoms with Crippen LogP contribution >= 0.6 is 39.1 Å². The normalized spacial score (nSPS) is 15.1. The van der Waals surface area contributed by atoms with E-state index in [9.17, 15) is 9.59 Å². The standard InChI is InChI=1S/C21H17BrCl2N6O3/c1-10-6-12(23)7-13(15-8-18(33-29-15)26-11(2)31)19(10)27-21(32)16-9-17(22)28-30(16)20-14(24)4-3-5-25-20/h3-7,9,18H,8H2,1-2H3,(H,26,31)(H,27,32). The molecule has 2 aromatic heterocycles. The molecule has 4 rings (SSSR count). The van der Waals surface area contributed by atoms with Gasteiger partial charge in [-0.05, 0) is 52.7 Å². The van der Waals surface area contributed by atoms with Crippen LogP contribution in [0.5, 0.6) is 0 Å². The van der Waals surface area contributed by atoms with Crippen LogP contribution in [0, 0.1) is 6.92 Å². The van der Waals surface area contributed by atoms with E-state index in [1.807, 2.05) is 6.92 Å². The van der Waals surface area contributed by atoms with E-state index in [1.54, 1.807) is 36.5 Å². The van der Waals surface area contributed by atoms with Crippen molar-refractivity contribution in [1.29, 1.82) is 0 Å². The van der Waals surface area contributed by atoms with Crippen LogP contribution in [0.2, 0.25) is 10.0 Å². The van der Waals surface area contributed by atoms with E-state index >= 15 is 0 Å². The summed E-state index contributed by atoms with van der Waals surface area (Å²) in [6.45, 7) is 3.21. The van der Waals surface area contributed by atoms with Crippen molar-refractivity contribution in [3.8, 4) is 5.82 Å². The van der Waals surface area contributed by atoms with E-state index in [0.717, 1.165) is 5.56 Å². The number of oxime groups is 1. The summed E-state index contributed by atoms with van der Waals surface area (Å²) in [5.74, 6) is -0.367. The molecule has 1 atom stereocenters. The van der Waals surface area contributed by atoms with Crippen molar-refractivity contribution < 1.29 is 14.4 Å². The zero-order valence-corrected chi connectivity index (χ0v) is 20.5. The van der Waals surface area contributed by atoms with Gasteiger partial charge >= 0.3 is 0 Å². The van der Waals surface area contributed by atoms with Crippen LogP contribution in [-0.4, -0.2) is 38.5 Å². The molecule has 12 heteroatoms. The van der Waals surface area contributed by atoms with E-state index in [0.29, 0.717) is 43.8 Å². The van der Waals surface area contributed by atoms with Crippen molar-refractivity contribution in [3.05, 3.63) is 68.0 Å². The Morgan fingerprint density at radius 1 is 1.27 bits per heavy atom. The van der Waals surface area contributed by atoms with Crippen LogP contribution in [0.25, 0.3) is 5.82 Å². The number of carbonyl (C=O) groups excluding carboxylic acids is 2. The summed E-state index contributed by atoms with van der Waals surface area (Å²) in [6, 6.07) is 8.32. The quantitative estimate of drug-likeness (QED) is 0.485. The van der Waals surface area contributed by atoms with Crippen LogP contribution in [0.15, 0.2) is 46.3 Å². The molecular formula is C21H17BrCl2N6O3. The number of carbonyl (C=O) groups is 2. The third kappa shape index (κ3) is 5.02. The summed E-state index contributed by atoms with van der Waals surface area (Å²) in [7, 11) is 0. The molecule has 2 N–H and O–H groups in total. The lowest BCUT2D eigenvalue weighted by Crippen LogP contribution is -2.33. The maximum absolute atomic E-state index is 13.3. The maximum Gasteiger partial charge on any atom is 0.274 e. The van der Waals surface area contributed by atoms with Gasteiger partial charge in [0.2, 0.25) is 12.1 Å². The van der Waals surface area contributed by atoms with E-state index < -0.39 is 12.1 Å². The van der Waals surface area contributed by atoms with Crippen molar-refractivity contribution in [1.82, 2.24) is 20.1 Å². The summed E-state index contributed by atoms with van der Waals surface area (Å²) < 4.78 is 1.80. The number of halogens is 3. The molecule has 0 spiro atoms. The summed E-state index contributed by atoms with van der Waals surface area (Å²) in [5.41, 5.74) is 2.56. The number of benzene rings is 1. The van der Waals surface area contributed by atoms with Crippen LogP contribution < -0.4 is 10.6 Å². The van der Waals surface area contributed by atoms with E-state index in [1.165, 1.54) is 11.6 Å². The predicted octanol–water partition coefficient (Wildman–Crippen LogP) is 4.48. The second kappa shape index (κ2) is 9.50. The Morgan fingerprint density at radius 3 is 2.79 bits per heavy atom. The number of aryl methyl sites for hydroxylation is 1. The molecule has 0 aliphatic carbocycles. The van der Waals surface area contributed by atoms with E-state index in [2.05, 4.69) is 41.8 Å². The Hall–Kier alpha value is -2.95. The predicted molar refractivity (Wildman–Crippen MR) is 128 cm³/mol. The van der Waals surface area contributed by atoms with Crippen LogP contribution in [0.4, 0.5) is 5.69 Å². The summed E-state index contributed by atoms with van der Waals surface area (Å²) in [5, 5.41) is 14.8. The molecule has 3 aromatic rings. The number of pyridine rings is 1. The highest BCUT2D eigenvalue weighted by atomic mass is 79.9. The fraction of sp³-hybridized carbons (Fsp3) is 0.190. The molecule has 2 amide bonds. The lowest BCUT2D eigenvalue weighted by Gasteiger charge is -2.15. The van der Waals surface area contributed by atoms with Crippen molar-refractivity contribution >= 4 is 62.3 Å². The van der Waals surface area contributed by atoms with Gasteiger partial charge in [0.1, 0.15) is 10.3 Å². The topological polar surface area (TPSA) is 111 Å². The first-order valence-electron chi connectivity index (χ1n) is 9.71. The van der Waals surface area contributed by atoms with Gasteiger partial charge < -0.3 is 15.5 Å². The SMILES string of the molecule is CC(=O)NC1CC(c2cc(Cl)cc(C)c2NC(=O)c2cc(Br)nn2-c2ncccc2Cl)=NO1. The molecule has 0 bridgehead atoms. The Labute approximate surface area is 207 Å². The van der Waals surface area contributed by atoms with Gasteiger partial charge in [0.15, 0.2) is 5.82 Å². The van der Waals surface area contributed by atoms with Gasteiger partial charge in [-0.25, -0.2) is 9.67 Å². The second-order valence-corrected chi connectivity index (χ2v) is 8.87. The average Bonchev–Trinajstić information content (AvgIpc) is 3.36. The lowest BCUT2D eigenvalue weighted by molar-refractivity contribution is -0.122. The number of nitrogens with zero attached hydrogens (tertiary/aromatic N) is 4. The fourth-order valence-electron chi connectivity index (χ4n) is 3.36. The van der Waals surface area contributed by atoms with Gasteiger partial charge in [0, 0.05) is 29.8 Å². The number of aromatic nitrogens is 3. The Balaban J connectivity index is 1.68. The molecule has 170 valence electrons. The van der Waals surface area contributed by atoms with E-state index in [4.69, 9.17) is 28.0 Å². The van der Waals surface area contributed by atoms with Gasteiger partial charge in [0.25, 0.3) is 5.91 Å². The van der Waals surface area contributed by atoms with Gasteiger partial charge in [-0.1, -0.05) is 28.4 Å². The Kier molecular flexibility index (Phi) is 6.68. The summed E-state index contributed by atoms with van der Waals surface area (Å²) in [4.78, 5) is 34.2. The molecule has 1 aliphatic heterocycles. The largest absolute Gasteiger partial charge is 0.370 e. The minimum Gasteiger partial charge on any atom is -0.370 e. The van der Waals surface area contributed by atoms with E-state index in [-0.39, 0.29) is 11.6 Å². The zero-order valence-electron chi connectivity index (χ0n) is 17.4. The number of amides is 2. The molecule has 1 aromatic carbocycles. The molecule has 0 saturated carbocycles. The molecule has 0 fully saturated rings. The first kappa shape index (κ1) is 23.2. The smallest absolute Gasteiger partial charge is 0.274 e. The Bertz CT molecular complexity index is 1290. The maximum atomic E-state index is 13.3. The zero-order chi connectivity index (χ0) is 23.7. The van der Waals surface area contributed by atoms with Gasteiger partial charge in [-0.2, -0.15) is 5.10 Å². The summed E-state index contributed by atoms with van der Waals surface area (Å²) >= 11 is 15.8. The van der Waals surface area contributed by atoms with Crippen LogP contribution in [0.1, 0.15) is 35.0 Å². The molecule has 0 radical (unpaired) electrons. The van der Waals surface area contributed by atoms with Crippen molar-refractivity contribution in [3.63, 3.8) is 0 Å². The number of rotatable bonds is 5. The number of anilines is 1. The first-order valence-corrected chi connectivity index (χ1v) is 11.3. The second-order valence-electron chi connectivity index (χ2n) is 7.21. The number of hydrogen-bond donors (Lipinski definition) is 2. The molecule has 0 saturated heterocycles. The minimum atomic E-state index is -0.593. The van der Waals surface area contributed by atoms with Gasteiger partial charge in [-0.15, -0.1) is 0 Å². The van der Waals surface area contributed by atoms with Crippen LogP contribution in [0.3, 0.4) is 0 Å². The highest BCUT2D eigenvalue weighted by Gasteiger charge is 2.27. The summed E-state index contributed by atoms with van der Waals surface area (Å²) in [6.07, 6.45) is 1.28. The van der Waals surface area contributed by atoms with Gasteiger partial charge in [-0.3, -0.25) is 9.59 Å².